The first-order valence-corrected chi connectivity index (χ1v) is 10.5. The molecule has 6 nitrogen and oxygen atoms in total. The molecular formula is C25H21ClN2O4. The number of ketones is 1. The van der Waals surface area contributed by atoms with Gasteiger partial charge in [-0.25, -0.2) is 0 Å². The smallest absolute Gasteiger partial charge is 0.300 e. The Bertz CT molecular complexity index is 1220. The number of halogens is 1. The number of aromatic nitrogens is 1. The van der Waals surface area contributed by atoms with Gasteiger partial charge in [0.15, 0.2) is 0 Å². The Kier molecular flexibility index (Phi) is 5.97. The molecule has 1 aliphatic rings. The lowest BCUT2D eigenvalue weighted by molar-refractivity contribution is -0.132. The fourth-order valence-electron chi connectivity index (χ4n) is 3.70. The first-order chi connectivity index (χ1) is 15.4. The summed E-state index contributed by atoms with van der Waals surface area (Å²) in [6, 6.07) is 16.2. The van der Waals surface area contributed by atoms with Crippen molar-refractivity contribution in [3.05, 3.63) is 94.3 Å². The van der Waals surface area contributed by atoms with Gasteiger partial charge in [-0.15, -0.1) is 0 Å². The maximum Gasteiger partial charge on any atom is 0.300 e. The van der Waals surface area contributed by atoms with Gasteiger partial charge in [0, 0.05) is 22.5 Å². The summed E-state index contributed by atoms with van der Waals surface area (Å²) in [5, 5.41) is 11.6. The van der Waals surface area contributed by atoms with E-state index in [1.165, 1.54) is 4.90 Å². The third-order valence-corrected chi connectivity index (χ3v) is 5.67. The standard InChI is InChI=1S/C25H21ClN2O4/c1-3-32-18-8-6-7-16(13-18)23(29)21-22(20-9-4-5-12-27-20)28(25(31)24(21)30)17-11-10-15(2)19(26)14-17/h4-14,22,29H,3H2,1-2H3/b23-21+. The molecule has 1 aromatic heterocycles. The molecule has 1 N–H and O–H groups in total. The first kappa shape index (κ1) is 21.6. The van der Waals surface area contributed by atoms with E-state index in [0.717, 1.165) is 5.56 Å². The molecule has 1 fully saturated rings. The highest BCUT2D eigenvalue weighted by atomic mass is 35.5. The first-order valence-electron chi connectivity index (χ1n) is 10.1. The number of amides is 1. The lowest BCUT2D eigenvalue weighted by Gasteiger charge is -2.25. The van der Waals surface area contributed by atoms with E-state index in [2.05, 4.69) is 4.98 Å². The second kappa shape index (κ2) is 8.85. The van der Waals surface area contributed by atoms with E-state index in [-0.39, 0.29) is 11.3 Å². The van der Waals surface area contributed by atoms with Gasteiger partial charge in [0.05, 0.1) is 17.9 Å². The summed E-state index contributed by atoms with van der Waals surface area (Å²) in [6.07, 6.45) is 1.58. The fraction of sp³-hybridized carbons (Fsp3) is 0.160. The number of pyridine rings is 1. The minimum atomic E-state index is -0.911. The number of aliphatic hydroxyl groups excluding tert-OH is 1. The van der Waals surface area contributed by atoms with Crippen molar-refractivity contribution in [1.82, 2.24) is 4.98 Å². The topological polar surface area (TPSA) is 79.7 Å². The van der Waals surface area contributed by atoms with Gasteiger partial charge < -0.3 is 9.84 Å². The Hall–Kier alpha value is -3.64. The van der Waals surface area contributed by atoms with Crippen LogP contribution in [0.5, 0.6) is 5.75 Å². The predicted molar refractivity (Wildman–Crippen MR) is 123 cm³/mol. The zero-order chi connectivity index (χ0) is 22.8. The van der Waals surface area contributed by atoms with Crippen molar-refractivity contribution in [2.24, 2.45) is 0 Å². The highest BCUT2D eigenvalue weighted by Gasteiger charge is 2.47. The molecule has 162 valence electrons. The number of carbonyl (C=O) groups is 2. The summed E-state index contributed by atoms with van der Waals surface area (Å²) in [5.74, 6) is -1.30. The molecule has 0 bridgehead atoms. The van der Waals surface area contributed by atoms with Crippen molar-refractivity contribution >= 4 is 34.7 Å². The third kappa shape index (κ3) is 3.85. The largest absolute Gasteiger partial charge is 0.507 e. The van der Waals surface area contributed by atoms with Gasteiger partial charge in [-0.2, -0.15) is 0 Å². The van der Waals surface area contributed by atoms with Gasteiger partial charge >= 0.3 is 0 Å². The van der Waals surface area contributed by atoms with Crippen LogP contribution in [0, 0.1) is 6.92 Å². The van der Waals surface area contributed by atoms with Crippen molar-refractivity contribution in [2.45, 2.75) is 19.9 Å². The summed E-state index contributed by atoms with van der Waals surface area (Å²) in [5.41, 5.74) is 2.07. The van der Waals surface area contributed by atoms with E-state index in [1.807, 2.05) is 13.8 Å². The Labute approximate surface area is 190 Å². The second-order valence-electron chi connectivity index (χ2n) is 7.32. The van der Waals surface area contributed by atoms with Crippen LogP contribution in [0.25, 0.3) is 5.76 Å². The lowest BCUT2D eigenvalue weighted by atomic mass is 9.98. The zero-order valence-corrected chi connectivity index (χ0v) is 18.3. The second-order valence-corrected chi connectivity index (χ2v) is 7.73. The number of hydrogen-bond acceptors (Lipinski definition) is 5. The number of nitrogens with zero attached hydrogens (tertiary/aromatic N) is 2. The van der Waals surface area contributed by atoms with Crippen LogP contribution in [0.2, 0.25) is 5.02 Å². The number of aliphatic hydroxyl groups is 1. The Morgan fingerprint density at radius 2 is 1.94 bits per heavy atom. The minimum Gasteiger partial charge on any atom is -0.507 e. The maximum atomic E-state index is 13.1. The van der Waals surface area contributed by atoms with Crippen molar-refractivity contribution in [3.8, 4) is 5.75 Å². The molecule has 32 heavy (non-hydrogen) atoms. The Morgan fingerprint density at radius 3 is 2.62 bits per heavy atom. The van der Waals surface area contributed by atoms with Crippen molar-refractivity contribution < 1.29 is 19.4 Å². The van der Waals surface area contributed by atoms with Gasteiger partial charge in [0.1, 0.15) is 17.6 Å². The average Bonchev–Trinajstić information content (AvgIpc) is 3.07. The molecule has 0 saturated carbocycles. The van der Waals surface area contributed by atoms with Crippen LogP contribution in [0.4, 0.5) is 5.69 Å². The highest BCUT2D eigenvalue weighted by molar-refractivity contribution is 6.51. The van der Waals surface area contributed by atoms with Crippen molar-refractivity contribution in [1.29, 1.82) is 0 Å². The SMILES string of the molecule is CCOc1cccc(/C(O)=C2\C(=O)C(=O)N(c3ccc(C)c(Cl)c3)C2c2ccccn2)c1. The molecule has 3 aromatic rings. The van der Waals surface area contributed by atoms with Gasteiger partial charge in [0.2, 0.25) is 0 Å². The predicted octanol–water partition coefficient (Wildman–Crippen LogP) is 5.07. The average molecular weight is 449 g/mol. The molecule has 1 atom stereocenters. The number of carbonyl (C=O) groups excluding carboxylic acids is 2. The molecule has 0 aliphatic carbocycles. The molecule has 7 heteroatoms. The fourth-order valence-corrected chi connectivity index (χ4v) is 3.88. The summed E-state index contributed by atoms with van der Waals surface area (Å²) in [7, 11) is 0. The molecule has 1 aliphatic heterocycles. The van der Waals surface area contributed by atoms with Gasteiger partial charge in [-0.3, -0.25) is 19.5 Å². The van der Waals surface area contributed by atoms with E-state index < -0.39 is 17.7 Å². The molecule has 4 rings (SSSR count). The van der Waals surface area contributed by atoms with Crippen LogP contribution in [0.15, 0.2) is 72.4 Å². The van der Waals surface area contributed by atoms with E-state index in [9.17, 15) is 14.7 Å². The van der Waals surface area contributed by atoms with Crippen molar-refractivity contribution in [2.75, 3.05) is 11.5 Å². The number of hydrogen-bond donors (Lipinski definition) is 1. The van der Waals surface area contributed by atoms with Crippen LogP contribution in [0.3, 0.4) is 0 Å². The van der Waals surface area contributed by atoms with Crippen molar-refractivity contribution in [3.63, 3.8) is 0 Å². The quantitative estimate of drug-likeness (QED) is 0.335. The van der Waals surface area contributed by atoms with Crippen LogP contribution in [-0.4, -0.2) is 28.4 Å². The number of rotatable bonds is 5. The number of aryl methyl sites for hydroxylation is 1. The summed E-state index contributed by atoms with van der Waals surface area (Å²) >= 11 is 6.30. The van der Waals surface area contributed by atoms with Crippen LogP contribution >= 0.6 is 11.6 Å². The van der Waals surface area contributed by atoms with Crippen LogP contribution in [0.1, 0.15) is 29.8 Å². The normalized spacial score (nSPS) is 17.6. The minimum absolute atomic E-state index is 0.0426. The number of anilines is 1. The molecule has 2 aromatic carbocycles. The van der Waals surface area contributed by atoms with E-state index >= 15 is 0 Å². The highest BCUT2D eigenvalue weighted by Crippen LogP contribution is 2.42. The number of Topliss-reactive ketones (excluding diaryl/α,β-unsaturated/α-hetero) is 1. The summed E-state index contributed by atoms with van der Waals surface area (Å²) < 4.78 is 5.51. The molecule has 0 spiro atoms. The van der Waals surface area contributed by atoms with E-state index in [4.69, 9.17) is 16.3 Å². The van der Waals surface area contributed by atoms with E-state index in [0.29, 0.717) is 34.3 Å². The lowest BCUT2D eigenvalue weighted by Crippen LogP contribution is -2.29. The monoisotopic (exact) mass is 448 g/mol. The maximum absolute atomic E-state index is 13.1. The molecule has 2 heterocycles. The zero-order valence-electron chi connectivity index (χ0n) is 17.6. The molecule has 1 amide bonds. The van der Waals surface area contributed by atoms with Crippen LogP contribution in [-0.2, 0) is 9.59 Å². The molecule has 0 radical (unpaired) electrons. The van der Waals surface area contributed by atoms with Gasteiger partial charge in [-0.1, -0.05) is 35.9 Å². The Morgan fingerprint density at radius 1 is 1.12 bits per heavy atom. The summed E-state index contributed by atoms with van der Waals surface area (Å²) in [4.78, 5) is 32.0. The van der Waals surface area contributed by atoms with Gasteiger partial charge in [0.25, 0.3) is 11.7 Å². The number of ether oxygens (including phenoxy) is 1. The molecular weight excluding hydrogens is 428 g/mol. The molecule has 1 unspecified atom stereocenters. The van der Waals surface area contributed by atoms with E-state index in [1.54, 1.807) is 66.9 Å². The number of benzene rings is 2. The third-order valence-electron chi connectivity index (χ3n) is 5.26. The van der Waals surface area contributed by atoms with Crippen LogP contribution < -0.4 is 9.64 Å². The molecule has 1 saturated heterocycles. The Balaban J connectivity index is 1.92. The summed E-state index contributed by atoms with van der Waals surface area (Å²) in [6.45, 7) is 4.16. The van der Waals surface area contributed by atoms with Gasteiger partial charge in [-0.05, 0) is 55.8 Å².